The van der Waals surface area contributed by atoms with Crippen LogP contribution in [0.2, 0.25) is 0 Å². The molecule has 1 saturated heterocycles. The lowest BCUT2D eigenvalue weighted by Crippen LogP contribution is -2.51. The zero-order valence-corrected chi connectivity index (χ0v) is 13.4. The molecule has 1 saturated carbocycles. The van der Waals surface area contributed by atoms with Crippen LogP contribution in [0.15, 0.2) is 0 Å². The molecule has 22 heavy (non-hydrogen) atoms. The molecule has 0 spiro atoms. The van der Waals surface area contributed by atoms with Gasteiger partial charge in [-0.2, -0.15) is 0 Å². The Hall–Kier alpha value is -0.690. The fourth-order valence-corrected chi connectivity index (χ4v) is 3.97. The molecule has 5 atom stereocenters. The van der Waals surface area contributed by atoms with Crippen molar-refractivity contribution in [1.29, 1.82) is 0 Å². The SMILES string of the molecule is CC1CCC([C@H](N)C2CCN(C(=O)[C@H](O)CO)CC2)C(O)C1. The van der Waals surface area contributed by atoms with E-state index in [2.05, 4.69) is 6.92 Å². The number of carbonyl (C=O) groups excluding carboxylic acids is 1. The molecule has 2 rings (SSSR count). The lowest BCUT2D eigenvalue weighted by Gasteiger charge is -2.41. The normalized spacial score (nSPS) is 33.5. The molecule has 0 bridgehead atoms. The van der Waals surface area contributed by atoms with Gasteiger partial charge in [0, 0.05) is 25.0 Å². The average molecular weight is 314 g/mol. The number of aliphatic hydroxyl groups excluding tert-OH is 3. The summed E-state index contributed by atoms with van der Waals surface area (Å²) in [6.07, 6.45) is 2.90. The van der Waals surface area contributed by atoms with Crippen LogP contribution < -0.4 is 5.73 Å². The van der Waals surface area contributed by atoms with Gasteiger partial charge in [-0.3, -0.25) is 4.79 Å². The van der Waals surface area contributed by atoms with Gasteiger partial charge in [0.1, 0.15) is 0 Å². The van der Waals surface area contributed by atoms with E-state index in [1.54, 1.807) is 4.90 Å². The molecule has 2 aliphatic rings. The molecule has 0 aromatic rings. The van der Waals surface area contributed by atoms with Crippen LogP contribution >= 0.6 is 0 Å². The maximum Gasteiger partial charge on any atom is 0.253 e. The van der Waals surface area contributed by atoms with Crippen molar-refractivity contribution in [2.24, 2.45) is 23.5 Å². The minimum atomic E-state index is -1.31. The van der Waals surface area contributed by atoms with Gasteiger partial charge in [-0.25, -0.2) is 0 Å². The van der Waals surface area contributed by atoms with Crippen molar-refractivity contribution in [2.75, 3.05) is 19.7 Å². The molecule has 0 aromatic carbocycles. The molecule has 3 unspecified atom stereocenters. The van der Waals surface area contributed by atoms with E-state index in [0.717, 1.165) is 32.1 Å². The second-order valence-electron chi connectivity index (χ2n) is 7.09. The Bertz CT molecular complexity index is 371. The molecular formula is C16H30N2O4. The summed E-state index contributed by atoms with van der Waals surface area (Å²) >= 11 is 0. The average Bonchev–Trinajstić information content (AvgIpc) is 2.53. The Balaban J connectivity index is 1.84. The van der Waals surface area contributed by atoms with Crippen LogP contribution in [0.1, 0.15) is 39.0 Å². The first kappa shape index (κ1) is 17.7. The first-order valence-electron chi connectivity index (χ1n) is 8.45. The van der Waals surface area contributed by atoms with Crippen LogP contribution in [-0.4, -0.2) is 64.1 Å². The van der Waals surface area contributed by atoms with Crippen LogP contribution in [0, 0.1) is 17.8 Å². The van der Waals surface area contributed by atoms with Crippen LogP contribution in [0.25, 0.3) is 0 Å². The van der Waals surface area contributed by atoms with Crippen LogP contribution in [0.5, 0.6) is 0 Å². The van der Waals surface area contributed by atoms with Crippen molar-refractivity contribution in [3.63, 3.8) is 0 Å². The third-order valence-corrected chi connectivity index (χ3v) is 5.48. The second-order valence-corrected chi connectivity index (χ2v) is 7.09. The smallest absolute Gasteiger partial charge is 0.253 e. The summed E-state index contributed by atoms with van der Waals surface area (Å²) in [6, 6.07) is -0.0254. The monoisotopic (exact) mass is 314 g/mol. The van der Waals surface area contributed by atoms with E-state index < -0.39 is 18.6 Å². The third kappa shape index (κ3) is 3.98. The number of rotatable bonds is 4. The van der Waals surface area contributed by atoms with Gasteiger partial charge in [-0.15, -0.1) is 0 Å². The number of amides is 1. The van der Waals surface area contributed by atoms with Crippen LogP contribution in [-0.2, 0) is 4.79 Å². The number of nitrogens with two attached hydrogens (primary N) is 1. The first-order chi connectivity index (χ1) is 10.4. The first-order valence-corrected chi connectivity index (χ1v) is 8.45. The van der Waals surface area contributed by atoms with Gasteiger partial charge in [0.05, 0.1) is 12.7 Å². The van der Waals surface area contributed by atoms with E-state index in [9.17, 15) is 15.0 Å². The summed E-state index contributed by atoms with van der Waals surface area (Å²) in [5.41, 5.74) is 6.41. The maximum absolute atomic E-state index is 11.8. The minimum Gasteiger partial charge on any atom is -0.393 e. The molecule has 1 aliphatic carbocycles. The largest absolute Gasteiger partial charge is 0.393 e. The van der Waals surface area contributed by atoms with Crippen LogP contribution in [0.4, 0.5) is 0 Å². The van der Waals surface area contributed by atoms with Crippen molar-refractivity contribution in [3.8, 4) is 0 Å². The Labute approximate surface area is 132 Å². The van der Waals surface area contributed by atoms with Gasteiger partial charge in [0.25, 0.3) is 5.91 Å². The third-order valence-electron chi connectivity index (χ3n) is 5.48. The predicted octanol–water partition coefficient (Wildman–Crippen LogP) is -0.297. The maximum atomic E-state index is 11.8. The molecule has 1 heterocycles. The molecule has 6 heteroatoms. The quantitative estimate of drug-likeness (QED) is 0.570. The van der Waals surface area contributed by atoms with Gasteiger partial charge in [0.2, 0.25) is 0 Å². The Morgan fingerprint density at radius 2 is 1.91 bits per heavy atom. The Kier molecular flexibility index (Phi) is 6.20. The Morgan fingerprint density at radius 1 is 1.27 bits per heavy atom. The van der Waals surface area contributed by atoms with Gasteiger partial charge in [0.15, 0.2) is 6.10 Å². The highest BCUT2D eigenvalue weighted by atomic mass is 16.3. The summed E-state index contributed by atoms with van der Waals surface area (Å²) in [7, 11) is 0. The molecule has 128 valence electrons. The summed E-state index contributed by atoms with van der Waals surface area (Å²) in [6.45, 7) is 2.76. The molecule has 0 aromatic heterocycles. The molecule has 6 nitrogen and oxygen atoms in total. The van der Waals surface area contributed by atoms with Crippen molar-refractivity contribution in [3.05, 3.63) is 0 Å². The topological polar surface area (TPSA) is 107 Å². The fourth-order valence-electron chi connectivity index (χ4n) is 3.97. The number of piperidine rings is 1. The number of hydrogen-bond donors (Lipinski definition) is 4. The van der Waals surface area contributed by atoms with Crippen molar-refractivity contribution in [1.82, 2.24) is 4.90 Å². The van der Waals surface area contributed by atoms with E-state index in [0.29, 0.717) is 24.9 Å². The lowest BCUT2D eigenvalue weighted by atomic mass is 9.72. The highest BCUT2D eigenvalue weighted by Crippen LogP contribution is 2.35. The second kappa shape index (κ2) is 7.73. The van der Waals surface area contributed by atoms with E-state index in [1.165, 1.54) is 0 Å². The molecule has 2 fully saturated rings. The highest BCUT2D eigenvalue weighted by molar-refractivity contribution is 5.80. The summed E-state index contributed by atoms with van der Waals surface area (Å²) in [5, 5.41) is 28.5. The van der Waals surface area contributed by atoms with Gasteiger partial charge in [-0.05, 0) is 37.5 Å². The molecule has 5 N–H and O–H groups in total. The number of carbonyl (C=O) groups is 1. The number of hydrogen-bond acceptors (Lipinski definition) is 5. The van der Waals surface area contributed by atoms with Crippen molar-refractivity contribution < 1.29 is 20.1 Å². The summed E-state index contributed by atoms with van der Waals surface area (Å²) in [5.74, 6) is 0.633. The standard InChI is InChI=1S/C16H30N2O4/c1-10-2-3-12(13(20)8-10)15(17)11-4-6-18(7-5-11)16(22)14(21)9-19/h10-15,19-21H,2-9,17H2,1H3/t10?,12?,13?,14-,15-/m1/s1. The zero-order chi connectivity index (χ0) is 16.3. The van der Waals surface area contributed by atoms with E-state index in [4.69, 9.17) is 10.8 Å². The predicted molar refractivity (Wildman–Crippen MR) is 82.9 cm³/mol. The molecule has 0 radical (unpaired) electrons. The lowest BCUT2D eigenvalue weighted by molar-refractivity contribution is -0.143. The van der Waals surface area contributed by atoms with Crippen molar-refractivity contribution in [2.45, 2.75) is 57.3 Å². The Morgan fingerprint density at radius 3 is 2.45 bits per heavy atom. The van der Waals surface area contributed by atoms with Crippen molar-refractivity contribution >= 4 is 5.91 Å². The number of nitrogens with zero attached hydrogens (tertiary/aromatic N) is 1. The molecule has 1 aliphatic heterocycles. The molecule has 1 amide bonds. The number of likely N-dealkylation sites (tertiary alicyclic amines) is 1. The molecular weight excluding hydrogens is 284 g/mol. The van der Waals surface area contributed by atoms with E-state index in [-0.39, 0.29) is 18.1 Å². The summed E-state index contributed by atoms with van der Waals surface area (Å²) in [4.78, 5) is 13.4. The zero-order valence-electron chi connectivity index (χ0n) is 13.4. The van der Waals surface area contributed by atoms with Gasteiger partial charge in [-0.1, -0.05) is 13.3 Å². The summed E-state index contributed by atoms with van der Waals surface area (Å²) < 4.78 is 0. The minimum absolute atomic E-state index is 0.0254. The van der Waals surface area contributed by atoms with E-state index >= 15 is 0 Å². The highest BCUT2D eigenvalue weighted by Gasteiger charge is 2.37. The van der Waals surface area contributed by atoms with Crippen LogP contribution in [0.3, 0.4) is 0 Å². The van der Waals surface area contributed by atoms with Gasteiger partial charge < -0.3 is 26.0 Å². The number of aliphatic hydroxyl groups is 3. The fraction of sp³-hybridized carbons (Fsp3) is 0.938. The van der Waals surface area contributed by atoms with Gasteiger partial charge >= 0.3 is 0 Å². The van der Waals surface area contributed by atoms with E-state index in [1.807, 2.05) is 0 Å².